The van der Waals surface area contributed by atoms with Gasteiger partial charge in [-0.25, -0.2) is 12.8 Å². The van der Waals surface area contributed by atoms with Crippen molar-refractivity contribution in [2.45, 2.75) is 42.6 Å². The number of halogens is 4. The number of hydrogen-bond acceptors (Lipinski definition) is 7. The molecule has 1 aromatic heterocycles. The highest BCUT2D eigenvalue weighted by Gasteiger charge is 2.48. The van der Waals surface area contributed by atoms with Gasteiger partial charge in [-0.3, -0.25) is 14.6 Å². The summed E-state index contributed by atoms with van der Waals surface area (Å²) in [6, 6.07) is 10.9. The summed E-state index contributed by atoms with van der Waals surface area (Å²) in [6.45, 7) is 3.10. The number of sulfonamides is 1. The highest BCUT2D eigenvalue weighted by atomic mass is 32.2. The van der Waals surface area contributed by atoms with Crippen molar-refractivity contribution in [2.24, 2.45) is 4.99 Å². The Balaban J connectivity index is 1.32. The molecule has 1 saturated heterocycles. The molecule has 44 heavy (non-hydrogen) atoms. The van der Waals surface area contributed by atoms with Crippen molar-refractivity contribution in [2.75, 3.05) is 31.1 Å². The third-order valence-electron chi connectivity index (χ3n) is 7.74. The maximum atomic E-state index is 13.8. The van der Waals surface area contributed by atoms with Crippen LogP contribution < -0.4 is 10.2 Å². The number of amides is 2. The molecule has 2 aliphatic heterocycles. The zero-order chi connectivity index (χ0) is 32.0. The first-order chi connectivity index (χ1) is 20.7. The predicted octanol–water partition coefficient (Wildman–Crippen LogP) is 4.33. The highest BCUT2D eigenvalue weighted by Crippen LogP contribution is 2.39. The zero-order valence-electron chi connectivity index (χ0n) is 23.6. The Hall–Kier alpha value is -3.66. The fourth-order valence-corrected chi connectivity index (χ4v) is 8.36. The fourth-order valence-electron chi connectivity index (χ4n) is 5.37. The summed E-state index contributed by atoms with van der Waals surface area (Å²) in [5, 5.41) is 11.8. The maximum absolute atomic E-state index is 13.8. The van der Waals surface area contributed by atoms with Crippen molar-refractivity contribution in [1.29, 1.82) is 0 Å². The Kier molecular flexibility index (Phi) is 8.44. The number of hydrogen-bond donors (Lipinski definition) is 2. The minimum atomic E-state index is -4.93. The molecule has 0 radical (unpaired) electrons. The number of anilines is 1. The average Bonchev–Trinajstić information content (AvgIpc) is 3.57. The van der Waals surface area contributed by atoms with E-state index in [4.69, 9.17) is 0 Å². The van der Waals surface area contributed by atoms with Gasteiger partial charge in [0.15, 0.2) is 0 Å². The average molecular weight is 653 g/mol. The Bertz CT molecular complexity index is 1760. The second kappa shape index (κ2) is 11.7. The van der Waals surface area contributed by atoms with Crippen LogP contribution in [0.3, 0.4) is 0 Å². The van der Waals surface area contributed by atoms with Gasteiger partial charge in [0, 0.05) is 42.7 Å². The number of rotatable bonds is 7. The molecule has 0 bridgehead atoms. The van der Waals surface area contributed by atoms with E-state index < -0.39 is 39.0 Å². The van der Waals surface area contributed by atoms with Gasteiger partial charge < -0.3 is 15.3 Å². The van der Waals surface area contributed by atoms with Crippen molar-refractivity contribution in [1.82, 2.24) is 9.62 Å². The van der Waals surface area contributed by atoms with Crippen molar-refractivity contribution in [3.05, 3.63) is 71.0 Å². The van der Waals surface area contributed by atoms with Crippen molar-refractivity contribution >= 4 is 44.7 Å². The number of aliphatic hydroxyl groups is 1. The summed E-state index contributed by atoms with van der Waals surface area (Å²) in [5.41, 5.74) is -0.726. The number of thiophene rings is 1. The van der Waals surface area contributed by atoms with E-state index in [1.807, 2.05) is 6.92 Å². The Morgan fingerprint density at radius 3 is 2.45 bits per heavy atom. The van der Waals surface area contributed by atoms with E-state index in [9.17, 15) is 40.7 Å². The summed E-state index contributed by atoms with van der Waals surface area (Å²) in [7, 11) is -3.93. The molecule has 15 heteroatoms. The van der Waals surface area contributed by atoms with E-state index in [-0.39, 0.29) is 60.6 Å². The third-order valence-corrected chi connectivity index (χ3v) is 11.2. The lowest BCUT2D eigenvalue weighted by atomic mass is 9.89. The van der Waals surface area contributed by atoms with Crippen LogP contribution in [0.1, 0.15) is 36.5 Å². The minimum absolute atomic E-state index is 0.00811. The molecule has 2 aliphatic rings. The molecule has 0 aliphatic carbocycles. The molecule has 3 heterocycles. The smallest absolute Gasteiger partial charge is 0.395 e. The topological polar surface area (TPSA) is 119 Å². The molecule has 5 rings (SSSR count). The minimum Gasteiger partial charge on any atom is -0.395 e. The summed E-state index contributed by atoms with van der Waals surface area (Å²) in [5.74, 6) is -2.34. The molecule has 0 saturated carbocycles. The number of aliphatic hydroxyl groups excluding tert-OH is 1. The van der Waals surface area contributed by atoms with Crippen LogP contribution in [0.2, 0.25) is 0 Å². The number of piperidine rings is 1. The number of amidine groups is 1. The number of aliphatic imine (C=N–C) groups is 1. The van der Waals surface area contributed by atoms with Crippen LogP contribution >= 0.6 is 11.3 Å². The van der Waals surface area contributed by atoms with Crippen molar-refractivity contribution in [3.63, 3.8) is 0 Å². The quantitative estimate of drug-likeness (QED) is 0.369. The molecule has 2 N–H and O–H groups in total. The number of carbonyl (C=O) groups is 2. The normalized spacial score (nSPS) is 17.1. The van der Waals surface area contributed by atoms with Crippen LogP contribution in [-0.2, 0) is 25.8 Å². The third kappa shape index (κ3) is 5.88. The lowest BCUT2D eigenvalue weighted by Crippen LogP contribution is -2.50. The lowest BCUT2D eigenvalue weighted by molar-refractivity contribution is -0.140. The number of nitrogens with one attached hydrogen (secondary N) is 1. The molecular formula is C29H28F4N4O5S2. The first-order valence-corrected chi connectivity index (χ1v) is 15.8. The van der Waals surface area contributed by atoms with E-state index in [0.29, 0.717) is 22.7 Å². The van der Waals surface area contributed by atoms with Gasteiger partial charge in [-0.2, -0.15) is 17.5 Å². The standard InChI is InChI=1S/C29H28F4N4O5S2/c1-17-15-20(37(13-14-38)18(2)39)4-5-21(17)24-7-8-25(43-24)44(41,42)36-11-9-28(10-12-36)27(40)34-26(35-28)19-3-6-23(30)22(16-19)29(31,32)33/h3-8,15-16,38H,9-14H2,1-2H3,(H,34,35,40). The molecule has 0 unspecified atom stereocenters. The lowest BCUT2D eigenvalue weighted by Gasteiger charge is -2.34. The van der Waals surface area contributed by atoms with Crippen LogP contribution in [-0.4, -0.2) is 67.3 Å². The highest BCUT2D eigenvalue weighted by molar-refractivity contribution is 7.91. The van der Waals surface area contributed by atoms with E-state index in [0.717, 1.165) is 28.5 Å². The SMILES string of the molecule is CC(=O)N(CCO)c1ccc(-c2ccc(S(=O)(=O)N3CCC4(CC3)N=C(c3ccc(F)c(C(F)(F)F)c3)NC4=O)s2)c(C)c1. The van der Waals surface area contributed by atoms with Crippen LogP contribution in [0, 0.1) is 12.7 Å². The summed E-state index contributed by atoms with van der Waals surface area (Å²) in [4.78, 5) is 31.4. The number of alkyl halides is 3. The molecule has 0 atom stereocenters. The van der Waals surface area contributed by atoms with Gasteiger partial charge in [0.2, 0.25) is 5.91 Å². The van der Waals surface area contributed by atoms with Gasteiger partial charge in [-0.15, -0.1) is 11.3 Å². The monoisotopic (exact) mass is 652 g/mol. The zero-order valence-corrected chi connectivity index (χ0v) is 25.2. The van der Waals surface area contributed by atoms with E-state index in [1.54, 1.807) is 24.3 Å². The molecule has 2 amide bonds. The number of benzene rings is 2. The first kappa shape index (κ1) is 31.8. The van der Waals surface area contributed by atoms with Gasteiger partial charge in [0.25, 0.3) is 15.9 Å². The maximum Gasteiger partial charge on any atom is 0.419 e. The molecule has 2 aromatic carbocycles. The molecule has 1 spiro atoms. The molecule has 234 valence electrons. The molecule has 9 nitrogen and oxygen atoms in total. The van der Waals surface area contributed by atoms with Crippen LogP contribution in [0.5, 0.6) is 0 Å². The van der Waals surface area contributed by atoms with Crippen LogP contribution in [0.4, 0.5) is 23.2 Å². The van der Waals surface area contributed by atoms with Gasteiger partial charge in [0.1, 0.15) is 21.4 Å². The Morgan fingerprint density at radius 1 is 1.14 bits per heavy atom. The van der Waals surface area contributed by atoms with Crippen LogP contribution in [0.25, 0.3) is 10.4 Å². The Labute approximate surface area is 254 Å². The van der Waals surface area contributed by atoms with E-state index >= 15 is 0 Å². The second-order valence-corrected chi connectivity index (χ2v) is 13.8. The molecule has 3 aromatic rings. The van der Waals surface area contributed by atoms with Crippen LogP contribution in [0.15, 0.2) is 57.7 Å². The second-order valence-electron chi connectivity index (χ2n) is 10.6. The molecular weight excluding hydrogens is 624 g/mol. The summed E-state index contributed by atoms with van der Waals surface area (Å²) < 4.78 is 81.8. The van der Waals surface area contributed by atoms with Gasteiger partial charge in [-0.1, -0.05) is 6.07 Å². The van der Waals surface area contributed by atoms with E-state index in [2.05, 4.69) is 10.3 Å². The van der Waals surface area contributed by atoms with Crippen molar-refractivity contribution in [3.8, 4) is 10.4 Å². The van der Waals surface area contributed by atoms with Gasteiger partial charge in [0.05, 0.1) is 12.2 Å². The molecule has 1 fully saturated rings. The summed E-state index contributed by atoms with van der Waals surface area (Å²) in [6.07, 6.45) is -4.91. The van der Waals surface area contributed by atoms with E-state index in [1.165, 1.54) is 22.2 Å². The fraction of sp³-hybridized carbons (Fsp3) is 0.345. The number of nitrogens with zero attached hydrogens (tertiary/aromatic N) is 3. The van der Waals surface area contributed by atoms with Gasteiger partial charge in [-0.05, 0) is 73.4 Å². The van der Waals surface area contributed by atoms with Crippen molar-refractivity contribution < 1.29 is 40.7 Å². The Morgan fingerprint density at radius 2 is 1.84 bits per heavy atom. The first-order valence-electron chi connectivity index (χ1n) is 13.5. The number of carbonyl (C=O) groups excluding carboxylic acids is 2. The number of aryl methyl sites for hydroxylation is 1. The largest absolute Gasteiger partial charge is 0.419 e. The summed E-state index contributed by atoms with van der Waals surface area (Å²) >= 11 is 1.08. The predicted molar refractivity (Wildman–Crippen MR) is 156 cm³/mol. The van der Waals surface area contributed by atoms with Gasteiger partial charge >= 0.3 is 6.18 Å².